The van der Waals surface area contributed by atoms with E-state index in [2.05, 4.69) is 20.7 Å². The minimum Gasteiger partial charge on any atom is -0.379 e. The SMILES string of the molecule is NS(=O)(=O)c1ccc(NCCC(=O)Nc2ccc(-n3cncn3)cc2)c([N+](=O)[O-])c1. The number of hydrogen-bond acceptors (Lipinski definition) is 8. The minimum absolute atomic E-state index is 0.0267. The number of nitrogens with two attached hydrogens (primary N) is 1. The first-order chi connectivity index (χ1) is 14.2. The van der Waals surface area contributed by atoms with E-state index in [-0.39, 0.29) is 29.5 Å². The molecule has 1 aromatic heterocycles. The van der Waals surface area contributed by atoms with E-state index in [9.17, 15) is 23.3 Å². The van der Waals surface area contributed by atoms with Crippen LogP contribution in [-0.4, -0.2) is 40.6 Å². The van der Waals surface area contributed by atoms with Crippen LogP contribution in [0, 0.1) is 10.1 Å². The fraction of sp³-hybridized carbons (Fsp3) is 0.118. The summed E-state index contributed by atoms with van der Waals surface area (Å²) in [7, 11) is -4.07. The maximum Gasteiger partial charge on any atom is 0.293 e. The number of aromatic nitrogens is 3. The third-order valence-corrected chi connectivity index (χ3v) is 4.91. The van der Waals surface area contributed by atoms with Gasteiger partial charge in [0.2, 0.25) is 15.9 Å². The van der Waals surface area contributed by atoms with Crippen LogP contribution in [0.2, 0.25) is 0 Å². The second-order valence-electron chi connectivity index (χ2n) is 6.09. The topological polar surface area (TPSA) is 175 Å². The third kappa shape index (κ3) is 5.15. The van der Waals surface area contributed by atoms with Crippen molar-refractivity contribution >= 4 is 33.0 Å². The zero-order chi connectivity index (χ0) is 21.7. The van der Waals surface area contributed by atoms with Gasteiger partial charge in [-0.2, -0.15) is 5.10 Å². The summed E-state index contributed by atoms with van der Waals surface area (Å²) in [6.07, 6.45) is 2.99. The summed E-state index contributed by atoms with van der Waals surface area (Å²) in [5, 5.41) is 25.7. The van der Waals surface area contributed by atoms with Crippen LogP contribution < -0.4 is 15.8 Å². The molecule has 0 unspecified atom stereocenters. The standard InChI is InChI=1S/C17H17N7O5S/c18-30(28,29)14-5-6-15(16(9-14)24(26)27)20-8-7-17(25)22-12-1-3-13(4-2-12)23-11-19-10-21-23/h1-6,9-11,20H,7-8H2,(H,22,25)(H2,18,28,29). The molecule has 0 atom stereocenters. The maximum absolute atomic E-state index is 12.1. The summed E-state index contributed by atoms with van der Waals surface area (Å²) in [5.41, 5.74) is 0.984. The van der Waals surface area contributed by atoms with Crippen molar-refractivity contribution in [1.29, 1.82) is 0 Å². The Labute approximate surface area is 170 Å². The Morgan fingerprint density at radius 3 is 2.53 bits per heavy atom. The highest BCUT2D eigenvalue weighted by Crippen LogP contribution is 2.27. The molecule has 0 saturated carbocycles. The fourth-order valence-corrected chi connectivity index (χ4v) is 3.10. The molecule has 1 amide bonds. The number of nitrogens with one attached hydrogen (secondary N) is 2. The van der Waals surface area contributed by atoms with Crippen LogP contribution >= 0.6 is 0 Å². The van der Waals surface area contributed by atoms with E-state index in [1.807, 2.05) is 0 Å². The van der Waals surface area contributed by atoms with E-state index < -0.39 is 20.6 Å². The molecule has 2 aromatic carbocycles. The van der Waals surface area contributed by atoms with E-state index in [4.69, 9.17) is 5.14 Å². The lowest BCUT2D eigenvalue weighted by molar-refractivity contribution is -0.384. The molecular formula is C17H17N7O5S. The van der Waals surface area contributed by atoms with Gasteiger partial charge in [0.1, 0.15) is 18.3 Å². The first kappa shape index (κ1) is 20.9. The zero-order valence-electron chi connectivity index (χ0n) is 15.4. The monoisotopic (exact) mass is 431 g/mol. The molecule has 0 spiro atoms. The van der Waals surface area contributed by atoms with Gasteiger partial charge in [0, 0.05) is 24.7 Å². The van der Waals surface area contributed by atoms with Gasteiger partial charge in [-0.15, -0.1) is 0 Å². The highest BCUT2D eigenvalue weighted by molar-refractivity contribution is 7.89. The van der Waals surface area contributed by atoms with Gasteiger partial charge in [-0.25, -0.2) is 23.2 Å². The van der Waals surface area contributed by atoms with Crippen molar-refractivity contribution in [2.75, 3.05) is 17.2 Å². The van der Waals surface area contributed by atoms with Crippen molar-refractivity contribution in [1.82, 2.24) is 14.8 Å². The van der Waals surface area contributed by atoms with Gasteiger partial charge in [-0.05, 0) is 36.4 Å². The molecule has 0 aliphatic carbocycles. The molecule has 30 heavy (non-hydrogen) atoms. The molecule has 3 aromatic rings. The highest BCUT2D eigenvalue weighted by Gasteiger charge is 2.19. The number of hydrogen-bond donors (Lipinski definition) is 3. The number of nitro groups is 1. The van der Waals surface area contributed by atoms with Crippen molar-refractivity contribution < 1.29 is 18.1 Å². The predicted octanol–water partition coefficient (Wildman–Crippen LogP) is 1.26. The van der Waals surface area contributed by atoms with Crippen LogP contribution in [-0.2, 0) is 14.8 Å². The molecule has 12 nitrogen and oxygen atoms in total. The van der Waals surface area contributed by atoms with Gasteiger partial charge in [0.25, 0.3) is 5.69 Å². The van der Waals surface area contributed by atoms with Gasteiger partial charge < -0.3 is 10.6 Å². The highest BCUT2D eigenvalue weighted by atomic mass is 32.2. The van der Waals surface area contributed by atoms with Crippen LogP contribution in [0.4, 0.5) is 17.1 Å². The summed E-state index contributed by atoms with van der Waals surface area (Å²) in [6, 6.07) is 10.2. The van der Waals surface area contributed by atoms with Gasteiger partial charge >= 0.3 is 0 Å². The van der Waals surface area contributed by atoms with Crippen molar-refractivity contribution in [3.8, 4) is 5.69 Å². The molecule has 1 heterocycles. The summed E-state index contributed by atoms with van der Waals surface area (Å²) in [4.78, 5) is 26.1. The summed E-state index contributed by atoms with van der Waals surface area (Å²) in [5.74, 6) is -0.306. The Balaban J connectivity index is 1.57. The quantitative estimate of drug-likeness (QED) is 0.353. The average molecular weight is 431 g/mol. The second kappa shape index (κ2) is 8.67. The largest absolute Gasteiger partial charge is 0.379 e. The molecule has 156 valence electrons. The number of nitrogens with zero attached hydrogens (tertiary/aromatic N) is 4. The number of anilines is 2. The van der Waals surface area contributed by atoms with Crippen LogP contribution in [0.1, 0.15) is 6.42 Å². The van der Waals surface area contributed by atoms with Gasteiger partial charge in [0.05, 0.1) is 15.5 Å². The lowest BCUT2D eigenvalue weighted by Crippen LogP contribution is -2.17. The molecule has 0 saturated heterocycles. The molecule has 0 fully saturated rings. The number of carbonyl (C=O) groups excluding carboxylic acids is 1. The van der Waals surface area contributed by atoms with Crippen LogP contribution in [0.25, 0.3) is 5.69 Å². The normalized spacial score (nSPS) is 11.1. The Morgan fingerprint density at radius 1 is 1.20 bits per heavy atom. The molecule has 3 rings (SSSR count). The number of amides is 1. The summed E-state index contributed by atoms with van der Waals surface area (Å²) in [6.45, 7) is 0.0957. The summed E-state index contributed by atoms with van der Waals surface area (Å²) < 4.78 is 24.3. The average Bonchev–Trinajstić information content (AvgIpc) is 3.22. The number of rotatable bonds is 8. The van der Waals surface area contributed by atoms with Crippen molar-refractivity contribution in [2.45, 2.75) is 11.3 Å². The van der Waals surface area contributed by atoms with Gasteiger partial charge in [-0.1, -0.05) is 0 Å². The number of sulfonamides is 1. The minimum atomic E-state index is -4.07. The van der Waals surface area contributed by atoms with Crippen molar-refractivity contribution in [3.05, 3.63) is 65.2 Å². The van der Waals surface area contributed by atoms with E-state index in [0.29, 0.717) is 5.69 Å². The van der Waals surface area contributed by atoms with Crippen LogP contribution in [0.15, 0.2) is 60.0 Å². The van der Waals surface area contributed by atoms with E-state index in [1.54, 1.807) is 35.3 Å². The third-order valence-electron chi connectivity index (χ3n) is 4.00. The molecule has 13 heteroatoms. The first-order valence-corrected chi connectivity index (χ1v) is 10.1. The second-order valence-corrected chi connectivity index (χ2v) is 7.65. The van der Waals surface area contributed by atoms with E-state index in [1.165, 1.54) is 12.4 Å². The molecule has 0 bridgehead atoms. The van der Waals surface area contributed by atoms with E-state index >= 15 is 0 Å². The Bertz CT molecular complexity index is 1160. The van der Waals surface area contributed by atoms with Gasteiger partial charge in [-0.3, -0.25) is 14.9 Å². The lowest BCUT2D eigenvalue weighted by Gasteiger charge is -2.09. The smallest absolute Gasteiger partial charge is 0.293 e. The van der Waals surface area contributed by atoms with Crippen molar-refractivity contribution in [2.24, 2.45) is 5.14 Å². The summed E-state index contributed by atoms with van der Waals surface area (Å²) >= 11 is 0. The maximum atomic E-state index is 12.1. The fourth-order valence-electron chi connectivity index (χ4n) is 2.56. The van der Waals surface area contributed by atoms with E-state index in [0.717, 1.165) is 17.8 Å². The molecular weight excluding hydrogens is 414 g/mol. The number of benzene rings is 2. The molecule has 0 aliphatic rings. The molecule has 0 aliphatic heterocycles. The van der Waals surface area contributed by atoms with Crippen molar-refractivity contribution in [3.63, 3.8) is 0 Å². The van der Waals surface area contributed by atoms with Crippen LogP contribution in [0.3, 0.4) is 0 Å². The van der Waals surface area contributed by atoms with Crippen LogP contribution in [0.5, 0.6) is 0 Å². The molecule has 4 N–H and O–H groups in total. The predicted molar refractivity (Wildman–Crippen MR) is 108 cm³/mol. The zero-order valence-corrected chi connectivity index (χ0v) is 16.2. The Kier molecular flexibility index (Phi) is 6.03. The lowest BCUT2D eigenvalue weighted by atomic mass is 10.2. The number of primary sulfonamides is 1. The first-order valence-electron chi connectivity index (χ1n) is 8.54. The Morgan fingerprint density at radius 2 is 1.93 bits per heavy atom. The number of nitro benzene ring substituents is 1. The Hall–Kier alpha value is -3.84. The number of carbonyl (C=O) groups is 1. The molecule has 0 radical (unpaired) electrons. The van der Waals surface area contributed by atoms with Gasteiger partial charge in [0.15, 0.2) is 0 Å².